The lowest BCUT2D eigenvalue weighted by Gasteiger charge is -2.07. The van der Waals surface area contributed by atoms with Gasteiger partial charge in [0.05, 0.1) is 23.1 Å². The summed E-state index contributed by atoms with van der Waals surface area (Å²) in [4.78, 5) is 15.5. The highest BCUT2D eigenvalue weighted by molar-refractivity contribution is 7.99. The molecule has 0 fully saturated rings. The summed E-state index contributed by atoms with van der Waals surface area (Å²) in [5, 5.41) is 5.66. The Morgan fingerprint density at radius 2 is 2.25 bits per heavy atom. The van der Waals surface area contributed by atoms with Crippen molar-refractivity contribution in [2.45, 2.75) is 12.1 Å². The minimum absolute atomic E-state index is 0.164. The third-order valence-electron chi connectivity index (χ3n) is 2.28. The van der Waals surface area contributed by atoms with Crippen LogP contribution in [0.15, 0.2) is 29.7 Å². The van der Waals surface area contributed by atoms with Gasteiger partial charge in [-0.25, -0.2) is 9.67 Å². The van der Waals surface area contributed by atoms with Crippen molar-refractivity contribution in [3.8, 4) is 5.69 Å². The van der Waals surface area contributed by atoms with Gasteiger partial charge in [0.15, 0.2) is 5.16 Å². The number of halogens is 2. The van der Waals surface area contributed by atoms with Gasteiger partial charge in [-0.2, -0.15) is 5.10 Å². The van der Waals surface area contributed by atoms with Crippen LogP contribution in [0, 0.1) is 0 Å². The van der Waals surface area contributed by atoms with Crippen molar-refractivity contribution >= 4 is 40.9 Å². The number of carbonyl (C=O) groups is 1. The summed E-state index contributed by atoms with van der Waals surface area (Å²) < 4.78 is 6.42. The number of hydrogen-bond acceptors (Lipinski definition) is 5. The van der Waals surface area contributed by atoms with E-state index in [9.17, 15) is 4.79 Å². The van der Waals surface area contributed by atoms with Crippen molar-refractivity contribution in [2.24, 2.45) is 0 Å². The zero-order valence-corrected chi connectivity index (χ0v) is 12.9. The van der Waals surface area contributed by atoms with Crippen LogP contribution in [-0.2, 0) is 9.53 Å². The molecule has 0 N–H and O–H groups in total. The molecule has 0 aliphatic carbocycles. The molecule has 0 amide bonds. The summed E-state index contributed by atoms with van der Waals surface area (Å²) in [6.07, 6.45) is 1.40. The molecule has 0 saturated carbocycles. The number of benzene rings is 1. The van der Waals surface area contributed by atoms with Crippen LogP contribution < -0.4 is 0 Å². The van der Waals surface area contributed by atoms with Crippen LogP contribution in [0.3, 0.4) is 0 Å². The number of aromatic nitrogens is 3. The van der Waals surface area contributed by atoms with Crippen molar-refractivity contribution < 1.29 is 9.53 Å². The van der Waals surface area contributed by atoms with E-state index in [1.54, 1.807) is 29.8 Å². The van der Waals surface area contributed by atoms with Gasteiger partial charge < -0.3 is 4.74 Å². The van der Waals surface area contributed by atoms with Crippen molar-refractivity contribution in [3.05, 3.63) is 34.6 Å². The topological polar surface area (TPSA) is 57.0 Å². The van der Waals surface area contributed by atoms with Gasteiger partial charge in [0.25, 0.3) is 0 Å². The van der Waals surface area contributed by atoms with Crippen molar-refractivity contribution in [2.75, 3.05) is 12.4 Å². The first-order valence-corrected chi connectivity index (χ1v) is 7.50. The summed E-state index contributed by atoms with van der Waals surface area (Å²) in [5.41, 5.74) is 0.653. The standard InChI is InChI=1S/C12H11Cl2N3O2S/c1-2-19-11(18)6-20-12-15-7-16-17(12)10-4-3-8(13)5-9(10)14/h3-5,7H,2,6H2,1H3. The molecule has 0 saturated heterocycles. The van der Waals surface area contributed by atoms with Crippen LogP contribution >= 0.6 is 35.0 Å². The van der Waals surface area contributed by atoms with E-state index in [0.717, 1.165) is 0 Å². The third-order valence-corrected chi connectivity index (χ3v) is 3.73. The Morgan fingerprint density at radius 1 is 1.45 bits per heavy atom. The number of carbonyl (C=O) groups excluding carboxylic acids is 1. The van der Waals surface area contributed by atoms with Crippen molar-refractivity contribution in [1.82, 2.24) is 14.8 Å². The Bertz CT molecular complexity index is 618. The van der Waals surface area contributed by atoms with Gasteiger partial charge >= 0.3 is 5.97 Å². The lowest BCUT2D eigenvalue weighted by molar-refractivity contribution is -0.139. The van der Waals surface area contributed by atoms with Gasteiger partial charge in [-0.1, -0.05) is 35.0 Å². The van der Waals surface area contributed by atoms with E-state index in [-0.39, 0.29) is 11.7 Å². The zero-order valence-electron chi connectivity index (χ0n) is 10.5. The molecule has 8 heteroatoms. The maximum Gasteiger partial charge on any atom is 0.316 e. The number of rotatable bonds is 5. The van der Waals surface area contributed by atoms with E-state index in [1.807, 2.05) is 0 Å². The Kier molecular flexibility index (Phi) is 5.28. The van der Waals surface area contributed by atoms with Crippen molar-refractivity contribution in [1.29, 1.82) is 0 Å². The highest BCUT2D eigenvalue weighted by Crippen LogP contribution is 2.27. The van der Waals surface area contributed by atoms with Crippen LogP contribution in [0.2, 0.25) is 10.0 Å². The fraction of sp³-hybridized carbons (Fsp3) is 0.250. The summed E-state index contributed by atoms with van der Waals surface area (Å²) in [7, 11) is 0. The number of nitrogens with zero attached hydrogens (tertiary/aromatic N) is 3. The van der Waals surface area contributed by atoms with Crippen LogP contribution in [-0.4, -0.2) is 33.1 Å². The monoisotopic (exact) mass is 331 g/mol. The molecule has 2 aromatic rings. The molecule has 0 unspecified atom stereocenters. The SMILES string of the molecule is CCOC(=O)CSc1ncnn1-c1ccc(Cl)cc1Cl. The zero-order chi connectivity index (χ0) is 14.5. The fourth-order valence-electron chi connectivity index (χ4n) is 1.47. The predicted molar refractivity (Wildman–Crippen MR) is 78.7 cm³/mol. The molecule has 5 nitrogen and oxygen atoms in total. The normalized spacial score (nSPS) is 10.6. The molecule has 0 aliphatic rings. The van der Waals surface area contributed by atoms with E-state index < -0.39 is 0 Å². The molecule has 0 aliphatic heterocycles. The van der Waals surface area contributed by atoms with Crippen LogP contribution in [0.25, 0.3) is 5.69 Å². The smallest absolute Gasteiger partial charge is 0.316 e. The summed E-state index contributed by atoms with van der Waals surface area (Å²) in [6, 6.07) is 5.08. The Balaban J connectivity index is 2.18. The quantitative estimate of drug-likeness (QED) is 0.621. The molecule has 20 heavy (non-hydrogen) atoms. The molecule has 0 bridgehead atoms. The average Bonchev–Trinajstić information content (AvgIpc) is 2.85. The fourth-order valence-corrected chi connectivity index (χ4v) is 2.68. The number of ether oxygens (including phenoxy) is 1. The number of thioether (sulfide) groups is 1. The highest BCUT2D eigenvalue weighted by atomic mass is 35.5. The number of hydrogen-bond donors (Lipinski definition) is 0. The van der Waals surface area contributed by atoms with E-state index in [4.69, 9.17) is 27.9 Å². The van der Waals surface area contributed by atoms with Gasteiger partial charge in [0.1, 0.15) is 6.33 Å². The molecule has 106 valence electrons. The highest BCUT2D eigenvalue weighted by Gasteiger charge is 2.13. The van der Waals surface area contributed by atoms with Gasteiger partial charge in [-0.05, 0) is 25.1 Å². The second kappa shape index (κ2) is 6.97. The predicted octanol–water partition coefficient (Wildman–Crippen LogP) is 3.23. The van der Waals surface area contributed by atoms with Gasteiger partial charge in [-0.15, -0.1) is 0 Å². The molecule has 2 rings (SSSR count). The molecule has 1 heterocycles. The Morgan fingerprint density at radius 3 is 2.95 bits per heavy atom. The first-order valence-electron chi connectivity index (χ1n) is 5.75. The minimum Gasteiger partial charge on any atom is -0.465 e. The first kappa shape index (κ1) is 15.2. The molecular weight excluding hydrogens is 321 g/mol. The van der Waals surface area contributed by atoms with Crippen LogP contribution in [0.5, 0.6) is 0 Å². The molecule has 1 aromatic carbocycles. The second-order valence-corrected chi connectivity index (χ2v) is 5.43. The lowest BCUT2D eigenvalue weighted by Crippen LogP contribution is -2.08. The molecule has 0 spiro atoms. The maximum absolute atomic E-state index is 11.4. The Labute approximate surface area is 130 Å². The van der Waals surface area contributed by atoms with E-state index >= 15 is 0 Å². The average molecular weight is 332 g/mol. The maximum atomic E-state index is 11.4. The first-order chi connectivity index (χ1) is 9.61. The van der Waals surface area contributed by atoms with E-state index in [1.165, 1.54) is 18.1 Å². The molecule has 1 aromatic heterocycles. The molecular formula is C12H11Cl2N3O2S. The molecule has 0 atom stereocenters. The molecule has 0 radical (unpaired) electrons. The van der Waals surface area contributed by atoms with Crippen LogP contribution in [0.1, 0.15) is 6.92 Å². The van der Waals surface area contributed by atoms with Gasteiger partial charge in [-0.3, -0.25) is 4.79 Å². The Hall–Kier alpha value is -1.24. The summed E-state index contributed by atoms with van der Waals surface area (Å²) >= 11 is 13.2. The van der Waals surface area contributed by atoms with Crippen LogP contribution in [0.4, 0.5) is 0 Å². The summed E-state index contributed by atoms with van der Waals surface area (Å²) in [5.74, 6) is -0.133. The number of esters is 1. The third kappa shape index (κ3) is 3.65. The minimum atomic E-state index is -0.297. The van der Waals surface area contributed by atoms with E-state index in [0.29, 0.717) is 27.5 Å². The van der Waals surface area contributed by atoms with Gasteiger partial charge in [0, 0.05) is 5.02 Å². The second-order valence-electron chi connectivity index (χ2n) is 3.64. The largest absolute Gasteiger partial charge is 0.465 e. The van der Waals surface area contributed by atoms with Crippen molar-refractivity contribution in [3.63, 3.8) is 0 Å². The summed E-state index contributed by atoms with van der Waals surface area (Å²) in [6.45, 7) is 2.12. The van der Waals surface area contributed by atoms with E-state index in [2.05, 4.69) is 10.1 Å². The van der Waals surface area contributed by atoms with Gasteiger partial charge in [0.2, 0.25) is 0 Å². The lowest BCUT2D eigenvalue weighted by atomic mass is 10.3.